The van der Waals surface area contributed by atoms with Crippen molar-refractivity contribution in [1.82, 2.24) is 4.90 Å². The van der Waals surface area contributed by atoms with Crippen molar-refractivity contribution >= 4 is 11.9 Å². The van der Waals surface area contributed by atoms with E-state index in [9.17, 15) is 14.7 Å². The van der Waals surface area contributed by atoms with Gasteiger partial charge in [0.2, 0.25) is 5.91 Å². The first-order chi connectivity index (χ1) is 10.0. The van der Waals surface area contributed by atoms with Crippen LogP contribution in [-0.2, 0) is 14.3 Å². The Bertz CT molecular complexity index is 390. The van der Waals surface area contributed by atoms with Gasteiger partial charge in [0, 0.05) is 13.0 Å². The third-order valence-electron chi connectivity index (χ3n) is 5.35. The lowest BCUT2D eigenvalue weighted by Gasteiger charge is -2.44. The molecule has 0 aromatic heterocycles. The maximum atomic E-state index is 12.7. The second-order valence-electron chi connectivity index (χ2n) is 6.32. The number of morpholine rings is 1. The average molecular weight is 297 g/mol. The van der Waals surface area contributed by atoms with Gasteiger partial charge in [-0.3, -0.25) is 9.59 Å². The molecule has 120 valence electrons. The molecule has 1 heterocycles. The molecule has 0 aromatic rings. The Morgan fingerprint density at radius 1 is 1.24 bits per heavy atom. The van der Waals surface area contributed by atoms with Crippen LogP contribution in [0.1, 0.15) is 58.8 Å². The first-order valence-electron chi connectivity index (χ1n) is 8.18. The fraction of sp³-hybridized carbons (Fsp3) is 0.875. The first kappa shape index (κ1) is 16.3. The van der Waals surface area contributed by atoms with Gasteiger partial charge in [-0.2, -0.15) is 0 Å². The van der Waals surface area contributed by atoms with E-state index in [2.05, 4.69) is 0 Å². The van der Waals surface area contributed by atoms with Crippen LogP contribution in [0.3, 0.4) is 0 Å². The lowest BCUT2D eigenvalue weighted by molar-refractivity contribution is -0.160. The molecule has 2 atom stereocenters. The molecule has 2 rings (SSSR count). The molecule has 0 bridgehead atoms. The smallest absolute Gasteiger partial charge is 0.310 e. The minimum Gasteiger partial charge on any atom is -0.481 e. The zero-order valence-electron chi connectivity index (χ0n) is 13.1. The van der Waals surface area contributed by atoms with E-state index in [0.29, 0.717) is 26.0 Å². The highest BCUT2D eigenvalue weighted by Crippen LogP contribution is 2.34. The van der Waals surface area contributed by atoms with Crippen LogP contribution in [-0.4, -0.2) is 47.2 Å². The first-order valence-corrected chi connectivity index (χ1v) is 8.18. The van der Waals surface area contributed by atoms with E-state index in [4.69, 9.17) is 4.74 Å². The molecule has 5 nitrogen and oxygen atoms in total. The van der Waals surface area contributed by atoms with Gasteiger partial charge in [-0.1, -0.05) is 26.7 Å². The van der Waals surface area contributed by atoms with Gasteiger partial charge in [-0.05, 0) is 25.7 Å². The maximum Gasteiger partial charge on any atom is 0.310 e. The molecule has 5 heteroatoms. The Balaban J connectivity index is 2.09. The SMILES string of the molecule is CCC(CC)(CC(=O)N1CCOC2CCCCC21)C(=O)O. The number of carboxylic acids is 1. The van der Waals surface area contributed by atoms with E-state index in [-0.39, 0.29) is 24.5 Å². The number of nitrogens with zero attached hydrogens (tertiary/aromatic N) is 1. The van der Waals surface area contributed by atoms with E-state index in [1.54, 1.807) is 0 Å². The van der Waals surface area contributed by atoms with Crippen molar-refractivity contribution in [2.24, 2.45) is 5.41 Å². The number of hydrogen-bond donors (Lipinski definition) is 1. The summed E-state index contributed by atoms with van der Waals surface area (Å²) in [4.78, 5) is 26.2. The van der Waals surface area contributed by atoms with E-state index >= 15 is 0 Å². The summed E-state index contributed by atoms with van der Waals surface area (Å²) in [6, 6.07) is 0.153. The summed E-state index contributed by atoms with van der Waals surface area (Å²) in [6.07, 6.45) is 5.52. The molecule has 0 aromatic carbocycles. The molecule has 1 N–H and O–H groups in total. The van der Waals surface area contributed by atoms with Gasteiger partial charge in [0.05, 0.1) is 24.2 Å². The van der Waals surface area contributed by atoms with Gasteiger partial charge < -0.3 is 14.7 Å². The summed E-state index contributed by atoms with van der Waals surface area (Å²) in [5.41, 5.74) is -0.917. The number of carbonyl (C=O) groups excluding carboxylic acids is 1. The minimum atomic E-state index is -0.917. The zero-order valence-corrected chi connectivity index (χ0v) is 13.1. The molecule has 2 fully saturated rings. The number of fused-ring (bicyclic) bond motifs is 1. The molecule has 1 aliphatic carbocycles. The van der Waals surface area contributed by atoms with Crippen LogP contribution < -0.4 is 0 Å². The monoisotopic (exact) mass is 297 g/mol. The average Bonchev–Trinajstić information content (AvgIpc) is 2.51. The second-order valence-corrected chi connectivity index (χ2v) is 6.32. The zero-order chi connectivity index (χ0) is 15.5. The van der Waals surface area contributed by atoms with E-state index in [0.717, 1.165) is 25.7 Å². The van der Waals surface area contributed by atoms with Gasteiger partial charge in [-0.25, -0.2) is 0 Å². The fourth-order valence-corrected chi connectivity index (χ4v) is 3.68. The number of hydrogen-bond acceptors (Lipinski definition) is 3. The van der Waals surface area contributed by atoms with Crippen LogP contribution in [0.5, 0.6) is 0 Å². The summed E-state index contributed by atoms with van der Waals surface area (Å²) in [7, 11) is 0. The van der Waals surface area contributed by atoms with E-state index < -0.39 is 11.4 Å². The maximum absolute atomic E-state index is 12.7. The quantitative estimate of drug-likeness (QED) is 0.846. The number of aliphatic carboxylic acids is 1. The predicted octanol–water partition coefficient (Wildman–Crippen LogP) is 2.44. The molecular formula is C16H27NO4. The van der Waals surface area contributed by atoms with Gasteiger partial charge in [0.25, 0.3) is 0 Å². The van der Waals surface area contributed by atoms with Crippen LogP contribution in [0.25, 0.3) is 0 Å². The normalized spacial score (nSPS) is 26.3. The number of carboxylic acid groups (broad SMARTS) is 1. The van der Waals surface area contributed by atoms with Gasteiger partial charge >= 0.3 is 5.97 Å². The molecule has 2 unspecified atom stereocenters. The predicted molar refractivity (Wildman–Crippen MR) is 79.0 cm³/mol. The van der Waals surface area contributed by atoms with Gasteiger partial charge in [-0.15, -0.1) is 0 Å². The van der Waals surface area contributed by atoms with Gasteiger partial charge in [0.1, 0.15) is 0 Å². The fourth-order valence-electron chi connectivity index (χ4n) is 3.68. The Kier molecular flexibility index (Phi) is 5.25. The Morgan fingerprint density at radius 3 is 2.52 bits per heavy atom. The van der Waals surface area contributed by atoms with Crippen LogP contribution in [0.2, 0.25) is 0 Å². The van der Waals surface area contributed by atoms with Crippen molar-refractivity contribution in [3.05, 3.63) is 0 Å². The molecule has 1 saturated heterocycles. The Morgan fingerprint density at radius 2 is 1.90 bits per heavy atom. The van der Waals surface area contributed by atoms with E-state index in [1.165, 1.54) is 0 Å². The molecule has 2 aliphatic rings. The van der Waals surface area contributed by atoms with Crippen molar-refractivity contribution in [1.29, 1.82) is 0 Å². The number of amides is 1. The highest BCUT2D eigenvalue weighted by Gasteiger charge is 2.42. The molecule has 1 amide bonds. The van der Waals surface area contributed by atoms with Crippen LogP contribution >= 0.6 is 0 Å². The highest BCUT2D eigenvalue weighted by molar-refractivity contribution is 5.85. The van der Waals surface area contributed by atoms with E-state index in [1.807, 2.05) is 18.7 Å². The Labute approximate surface area is 126 Å². The largest absolute Gasteiger partial charge is 0.481 e. The summed E-state index contributed by atoms with van der Waals surface area (Å²) in [5.74, 6) is -0.865. The minimum absolute atomic E-state index is 0.0127. The third-order valence-corrected chi connectivity index (χ3v) is 5.35. The Hall–Kier alpha value is -1.10. The van der Waals surface area contributed by atoms with Crippen LogP contribution in [0.4, 0.5) is 0 Å². The standard InChI is InChI=1S/C16H27NO4/c1-3-16(4-2,15(19)20)11-14(18)17-9-10-21-13-8-6-5-7-12(13)17/h12-13H,3-11H2,1-2H3,(H,19,20). The molecule has 0 radical (unpaired) electrons. The van der Waals surface area contributed by atoms with Crippen LogP contribution in [0.15, 0.2) is 0 Å². The lowest BCUT2D eigenvalue weighted by Crippen LogP contribution is -2.55. The topological polar surface area (TPSA) is 66.8 Å². The molecular weight excluding hydrogens is 270 g/mol. The number of ether oxygens (including phenoxy) is 1. The molecule has 21 heavy (non-hydrogen) atoms. The molecule has 0 spiro atoms. The second kappa shape index (κ2) is 6.77. The lowest BCUT2D eigenvalue weighted by atomic mass is 9.78. The summed E-state index contributed by atoms with van der Waals surface area (Å²) in [6.45, 7) is 4.88. The van der Waals surface area contributed by atoms with Crippen molar-refractivity contribution in [3.63, 3.8) is 0 Å². The highest BCUT2D eigenvalue weighted by atomic mass is 16.5. The van der Waals surface area contributed by atoms with Crippen molar-refractivity contribution in [2.45, 2.75) is 70.9 Å². The van der Waals surface area contributed by atoms with Crippen molar-refractivity contribution in [3.8, 4) is 0 Å². The molecule has 1 saturated carbocycles. The summed E-state index contributed by atoms with van der Waals surface area (Å²) >= 11 is 0. The summed E-state index contributed by atoms with van der Waals surface area (Å²) < 4.78 is 5.78. The van der Waals surface area contributed by atoms with Crippen LogP contribution in [0, 0.1) is 5.41 Å². The van der Waals surface area contributed by atoms with Crippen molar-refractivity contribution in [2.75, 3.05) is 13.2 Å². The van der Waals surface area contributed by atoms with Crippen molar-refractivity contribution < 1.29 is 19.4 Å². The number of rotatable bonds is 5. The third kappa shape index (κ3) is 3.23. The van der Waals surface area contributed by atoms with Gasteiger partial charge in [0.15, 0.2) is 0 Å². The number of carbonyl (C=O) groups is 2. The summed E-state index contributed by atoms with van der Waals surface area (Å²) in [5, 5.41) is 9.51. The molecule has 1 aliphatic heterocycles.